The monoisotopic (exact) mass is 655 g/mol. The van der Waals surface area contributed by atoms with Crippen LogP contribution in [0.2, 0.25) is 5.02 Å². The van der Waals surface area contributed by atoms with Crippen LogP contribution in [0.25, 0.3) is 6.08 Å². The van der Waals surface area contributed by atoms with Gasteiger partial charge in [0.05, 0.1) is 35.4 Å². The molecule has 3 aromatic rings. The molecule has 8 nitrogen and oxygen atoms in total. The minimum Gasteiger partial charge on any atom is -0.493 e. The van der Waals surface area contributed by atoms with Crippen molar-refractivity contribution in [3.05, 3.63) is 91.8 Å². The second-order valence-corrected chi connectivity index (χ2v) is 11.6. The number of aliphatic imine (C=N–C) groups is 1. The van der Waals surface area contributed by atoms with E-state index < -0.39 is 0 Å². The number of thioether (sulfide) groups is 1. The number of methoxy groups -OCH3 is 1. The first-order valence-electron chi connectivity index (χ1n) is 12.8. The molecule has 0 atom stereocenters. The first-order chi connectivity index (χ1) is 19.8. The Morgan fingerprint density at radius 3 is 2.63 bits per heavy atom. The summed E-state index contributed by atoms with van der Waals surface area (Å²) in [5.74, 6) is 0.854. The van der Waals surface area contributed by atoms with Gasteiger partial charge in [-0.25, -0.2) is 4.99 Å². The summed E-state index contributed by atoms with van der Waals surface area (Å²) in [5, 5.41) is 1.18. The Bertz CT molecular complexity index is 1520. The zero-order valence-electron chi connectivity index (χ0n) is 22.4. The summed E-state index contributed by atoms with van der Waals surface area (Å²) in [6.45, 7) is 2.54. The lowest BCUT2D eigenvalue weighted by molar-refractivity contribution is -0.121. The second-order valence-electron chi connectivity index (χ2n) is 9.27. The predicted molar refractivity (Wildman–Crippen MR) is 165 cm³/mol. The number of carbonyl (C=O) groups is 2. The number of halogens is 2. The number of hydrogen-bond donors (Lipinski definition) is 0. The summed E-state index contributed by atoms with van der Waals surface area (Å²) >= 11 is 10.8. The zero-order chi connectivity index (χ0) is 28.9. The van der Waals surface area contributed by atoms with E-state index in [-0.39, 0.29) is 11.8 Å². The Hall–Kier alpha value is -3.31. The molecule has 0 bridgehead atoms. The molecule has 41 heavy (non-hydrogen) atoms. The van der Waals surface area contributed by atoms with E-state index in [0.29, 0.717) is 75.2 Å². The maximum absolute atomic E-state index is 13.1. The van der Waals surface area contributed by atoms with Crippen LogP contribution in [0.4, 0.5) is 5.69 Å². The van der Waals surface area contributed by atoms with E-state index >= 15 is 0 Å². The second kappa shape index (κ2) is 13.1. The highest BCUT2D eigenvalue weighted by Crippen LogP contribution is 2.39. The molecule has 0 aliphatic carbocycles. The number of morpholine rings is 1. The van der Waals surface area contributed by atoms with Crippen molar-refractivity contribution in [1.82, 2.24) is 9.80 Å². The molecule has 2 fully saturated rings. The minimum atomic E-state index is -0.174. The van der Waals surface area contributed by atoms with E-state index in [1.807, 2.05) is 42.5 Å². The molecule has 0 saturated carbocycles. The summed E-state index contributed by atoms with van der Waals surface area (Å²) < 4.78 is 17.7. The van der Waals surface area contributed by atoms with Crippen LogP contribution in [-0.4, -0.2) is 67.2 Å². The van der Waals surface area contributed by atoms with Gasteiger partial charge in [0.15, 0.2) is 16.7 Å². The molecule has 11 heteroatoms. The fourth-order valence-corrected chi connectivity index (χ4v) is 5.96. The Labute approximate surface area is 256 Å². The average Bonchev–Trinajstić information content (AvgIpc) is 3.24. The van der Waals surface area contributed by atoms with E-state index in [1.165, 1.54) is 16.7 Å². The molecule has 2 heterocycles. The van der Waals surface area contributed by atoms with E-state index in [4.69, 9.17) is 25.8 Å². The average molecular weight is 657 g/mol. The molecule has 2 aliphatic heterocycles. The SMILES string of the molecule is COc1cc(/C=C2/SC(=Nc3cccc(C(=O)N4CCOCC4)c3)N(C)C2=O)cc(Br)c1OCc1ccc(Cl)cc1. The fraction of sp³-hybridized carbons (Fsp3) is 0.233. The van der Waals surface area contributed by atoms with E-state index in [2.05, 4.69) is 20.9 Å². The van der Waals surface area contributed by atoms with Crippen molar-refractivity contribution >= 4 is 68.0 Å². The van der Waals surface area contributed by atoms with Gasteiger partial charge in [-0.1, -0.05) is 29.8 Å². The van der Waals surface area contributed by atoms with Crippen molar-refractivity contribution in [2.45, 2.75) is 6.61 Å². The number of nitrogens with zero attached hydrogens (tertiary/aromatic N) is 3. The molecule has 0 aromatic heterocycles. The van der Waals surface area contributed by atoms with Crippen molar-refractivity contribution in [1.29, 1.82) is 0 Å². The molecule has 0 radical (unpaired) electrons. The standard InChI is InChI=1S/C30H27BrClN3O5S/c1-34-29(37)26(41-30(34)33-23-5-3-4-21(17-23)28(36)35-10-12-39-13-11-35)16-20-14-24(31)27(25(15-20)38-2)40-18-19-6-8-22(32)9-7-19/h3-9,14-17H,10-13,18H2,1-2H3/b26-16+,33-30?. The predicted octanol–water partition coefficient (Wildman–Crippen LogP) is 6.40. The molecule has 2 amide bonds. The first kappa shape index (κ1) is 29.2. The highest BCUT2D eigenvalue weighted by molar-refractivity contribution is 9.10. The Morgan fingerprint density at radius 1 is 1.15 bits per heavy atom. The van der Waals surface area contributed by atoms with Gasteiger partial charge < -0.3 is 19.1 Å². The molecule has 212 valence electrons. The number of hydrogen-bond acceptors (Lipinski definition) is 7. The van der Waals surface area contributed by atoms with Crippen LogP contribution in [0.1, 0.15) is 21.5 Å². The molecule has 0 spiro atoms. The van der Waals surface area contributed by atoms with Crippen LogP contribution in [-0.2, 0) is 16.1 Å². The summed E-state index contributed by atoms with van der Waals surface area (Å²) in [5.41, 5.74) is 2.88. The zero-order valence-corrected chi connectivity index (χ0v) is 25.6. The van der Waals surface area contributed by atoms with Gasteiger partial charge in [0, 0.05) is 30.7 Å². The molecular formula is C30H27BrClN3O5S. The topological polar surface area (TPSA) is 80.7 Å². The number of likely N-dealkylation sites (N-methyl/N-ethyl adjacent to an activating group) is 1. The van der Waals surface area contributed by atoms with E-state index in [9.17, 15) is 9.59 Å². The third-order valence-corrected chi connectivity index (χ3v) is 8.37. The summed E-state index contributed by atoms with van der Waals surface area (Å²) in [7, 11) is 3.25. The van der Waals surface area contributed by atoms with Crippen molar-refractivity contribution in [2.24, 2.45) is 4.99 Å². The number of amidine groups is 1. The number of rotatable bonds is 7. The first-order valence-corrected chi connectivity index (χ1v) is 14.8. The minimum absolute atomic E-state index is 0.0560. The third kappa shape index (κ3) is 6.95. The maximum atomic E-state index is 13.1. The van der Waals surface area contributed by atoms with Crippen LogP contribution in [0.3, 0.4) is 0 Å². The third-order valence-electron chi connectivity index (χ3n) is 6.47. The highest BCUT2D eigenvalue weighted by atomic mass is 79.9. The molecule has 0 unspecified atom stereocenters. The lowest BCUT2D eigenvalue weighted by Gasteiger charge is -2.26. The molecule has 2 saturated heterocycles. The van der Waals surface area contributed by atoms with E-state index in [1.54, 1.807) is 43.3 Å². The summed E-state index contributed by atoms with van der Waals surface area (Å²) in [4.78, 5) is 34.5. The Morgan fingerprint density at radius 2 is 1.90 bits per heavy atom. The van der Waals surface area contributed by atoms with Crippen molar-refractivity contribution in [3.63, 3.8) is 0 Å². The molecule has 3 aromatic carbocycles. The number of ether oxygens (including phenoxy) is 3. The smallest absolute Gasteiger partial charge is 0.266 e. The van der Waals surface area contributed by atoms with Gasteiger partial charge in [0.1, 0.15) is 6.61 Å². The van der Waals surface area contributed by atoms with Crippen LogP contribution in [0.5, 0.6) is 11.5 Å². The Kier molecular flexibility index (Phi) is 9.34. The van der Waals surface area contributed by atoms with Gasteiger partial charge in [0.2, 0.25) is 0 Å². The van der Waals surface area contributed by atoms with Gasteiger partial charge in [-0.15, -0.1) is 0 Å². The van der Waals surface area contributed by atoms with Crippen LogP contribution in [0, 0.1) is 0 Å². The van der Waals surface area contributed by atoms with Gasteiger partial charge in [-0.2, -0.15) is 0 Å². The maximum Gasteiger partial charge on any atom is 0.266 e. The lowest BCUT2D eigenvalue weighted by Crippen LogP contribution is -2.40. The Balaban J connectivity index is 1.33. The van der Waals surface area contributed by atoms with Crippen LogP contribution < -0.4 is 9.47 Å². The van der Waals surface area contributed by atoms with Gasteiger partial charge in [-0.3, -0.25) is 14.5 Å². The lowest BCUT2D eigenvalue weighted by atomic mass is 10.1. The van der Waals surface area contributed by atoms with Crippen molar-refractivity contribution in [2.75, 3.05) is 40.5 Å². The summed E-state index contributed by atoms with van der Waals surface area (Å²) in [6.07, 6.45) is 1.79. The van der Waals surface area contributed by atoms with Crippen molar-refractivity contribution < 1.29 is 23.8 Å². The number of amides is 2. The van der Waals surface area contributed by atoms with Gasteiger partial charge in [0.25, 0.3) is 11.8 Å². The fourth-order valence-electron chi connectivity index (χ4n) is 4.27. The molecule has 2 aliphatic rings. The van der Waals surface area contributed by atoms with Crippen LogP contribution >= 0.6 is 39.3 Å². The quantitative estimate of drug-likeness (QED) is 0.274. The largest absolute Gasteiger partial charge is 0.493 e. The number of benzene rings is 3. The molecule has 0 N–H and O–H groups in total. The van der Waals surface area contributed by atoms with E-state index in [0.717, 1.165) is 11.1 Å². The van der Waals surface area contributed by atoms with Crippen LogP contribution in [0.15, 0.2) is 75.0 Å². The highest BCUT2D eigenvalue weighted by Gasteiger charge is 2.30. The van der Waals surface area contributed by atoms with Gasteiger partial charge >= 0.3 is 0 Å². The summed E-state index contributed by atoms with van der Waals surface area (Å²) in [6, 6.07) is 18.3. The normalized spacial score (nSPS) is 17.4. The van der Waals surface area contributed by atoms with Crippen molar-refractivity contribution in [3.8, 4) is 11.5 Å². The molecular weight excluding hydrogens is 630 g/mol. The molecule has 5 rings (SSSR count). The number of carbonyl (C=O) groups excluding carboxylic acids is 2. The van der Waals surface area contributed by atoms with Gasteiger partial charge in [-0.05, 0) is 87.4 Å².